The summed E-state index contributed by atoms with van der Waals surface area (Å²) in [6.45, 7) is 0. The molecule has 0 fully saturated rings. The average molecular weight is 403 g/mol. The van der Waals surface area contributed by atoms with Crippen molar-refractivity contribution in [1.82, 2.24) is 10.2 Å². The van der Waals surface area contributed by atoms with E-state index >= 15 is 0 Å². The first-order chi connectivity index (χ1) is 8.85. The number of halogens is 3. The van der Waals surface area contributed by atoms with E-state index in [-0.39, 0.29) is 20.1 Å². The molecule has 2 rings (SSSR count). The van der Waals surface area contributed by atoms with Crippen molar-refractivity contribution in [3.8, 4) is 0 Å². The third-order valence-corrected chi connectivity index (χ3v) is 6.81. The van der Waals surface area contributed by atoms with Crippen molar-refractivity contribution in [2.45, 2.75) is 4.90 Å². The average Bonchev–Trinajstić information content (AvgIpc) is 2.88. The summed E-state index contributed by atoms with van der Waals surface area (Å²) in [5.74, 6) is 0. The molecule has 0 spiro atoms. The summed E-state index contributed by atoms with van der Waals surface area (Å²) in [6.07, 6.45) is 0. The third kappa shape index (κ3) is 2.73. The minimum absolute atomic E-state index is 0.0348. The molecule has 0 bridgehead atoms. The zero-order chi connectivity index (χ0) is 14.2. The summed E-state index contributed by atoms with van der Waals surface area (Å²) in [7, 11) is -2.45. The highest BCUT2D eigenvalue weighted by atomic mass is 79.9. The zero-order valence-electron chi connectivity index (χ0n) is 9.34. The topological polar surface area (TPSA) is 63.2 Å². The first-order valence-corrected chi connectivity index (χ1v) is 8.61. The second-order valence-electron chi connectivity index (χ2n) is 3.37. The van der Waals surface area contributed by atoms with Crippen LogP contribution in [0.4, 0.5) is 5.13 Å². The molecule has 102 valence electrons. The molecule has 0 N–H and O–H groups in total. The Bertz CT molecular complexity index is 707. The predicted molar refractivity (Wildman–Crippen MR) is 79.7 cm³/mol. The first-order valence-electron chi connectivity index (χ1n) is 4.74. The third-order valence-electron chi connectivity index (χ3n) is 2.26. The molecule has 0 saturated carbocycles. The summed E-state index contributed by atoms with van der Waals surface area (Å²) in [5, 5.41) is 7.67. The van der Waals surface area contributed by atoms with Crippen LogP contribution < -0.4 is 4.31 Å². The van der Waals surface area contributed by atoms with Gasteiger partial charge in [0.25, 0.3) is 10.0 Å². The van der Waals surface area contributed by atoms with Crippen LogP contribution in [0.25, 0.3) is 0 Å². The van der Waals surface area contributed by atoms with Gasteiger partial charge in [0, 0.05) is 11.5 Å². The fourth-order valence-corrected chi connectivity index (χ4v) is 4.35. The van der Waals surface area contributed by atoms with Crippen LogP contribution in [0, 0.1) is 0 Å². The van der Waals surface area contributed by atoms with E-state index in [2.05, 4.69) is 26.1 Å². The molecule has 0 amide bonds. The van der Waals surface area contributed by atoms with E-state index in [4.69, 9.17) is 23.2 Å². The Morgan fingerprint density at radius 2 is 2.00 bits per heavy atom. The fraction of sp³-hybridized carbons (Fsp3) is 0.111. The molecule has 0 aliphatic carbocycles. The molecule has 19 heavy (non-hydrogen) atoms. The molecular formula is C9H6BrCl2N3O2S2. The highest BCUT2D eigenvalue weighted by Gasteiger charge is 2.27. The normalized spacial score (nSPS) is 11.6. The van der Waals surface area contributed by atoms with Crippen LogP contribution in [0.1, 0.15) is 0 Å². The summed E-state index contributed by atoms with van der Waals surface area (Å²) in [6, 6.07) is 2.90. The minimum Gasteiger partial charge on any atom is -0.243 e. The molecule has 0 aliphatic heterocycles. The fourth-order valence-electron chi connectivity index (χ4n) is 1.26. The summed E-state index contributed by atoms with van der Waals surface area (Å²) in [4.78, 5) is -0.0833. The zero-order valence-corrected chi connectivity index (χ0v) is 14.1. The number of rotatable bonds is 3. The molecule has 10 heteroatoms. The number of aromatic nitrogens is 2. The molecule has 1 aromatic carbocycles. The highest BCUT2D eigenvalue weighted by molar-refractivity contribution is 9.10. The van der Waals surface area contributed by atoms with Crippen molar-refractivity contribution in [2.24, 2.45) is 0 Å². The SMILES string of the molecule is CN(c1nncs1)S(=O)(=O)c1ccc(Br)c(Cl)c1Cl. The lowest BCUT2D eigenvalue weighted by Gasteiger charge is -2.17. The van der Waals surface area contributed by atoms with Crippen LogP contribution in [-0.2, 0) is 10.0 Å². The van der Waals surface area contributed by atoms with Crippen molar-refractivity contribution in [3.05, 3.63) is 32.2 Å². The van der Waals surface area contributed by atoms with E-state index in [0.717, 1.165) is 15.6 Å². The first kappa shape index (κ1) is 15.0. The lowest BCUT2D eigenvalue weighted by molar-refractivity contribution is 0.594. The molecular weight excluding hydrogens is 397 g/mol. The Labute approximate surface area is 132 Å². The number of hydrogen-bond acceptors (Lipinski definition) is 5. The van der Waals surface area contributed by atoms with Crippen molar-refractivity contribution >= 4 is 65.6 Å². The molecule has 0 atom stereocenters. The largest absolute Gasteiger partial charge is 0.267 e. The number of anilines is 1. The van der Waals surface area contributed by atoms with Gasteiger partial charge >= 0.3 is 0 Å². The number of hydrogen-bond donors (Lipinski definition) is 0. The number of nitrogens with zero attached hydrogens (tertiary/aromatic N) is 3. The molecule has 1 heterocycles. The van der Waals surface area contributed by atoms with Crippen LogP contribution in [0.2, 0.25) is 10.0 Å². The van der Waals surface area contributed by atoms with Crippen LogP contribution in [0.5, 0.6) is 0 Å². The quantitative estimate of drug-likeness (QED) is 0.737. The van der Waals surface area contributed by atoms with Gasteiger partial charge in [-0.25, -0.2) is 12.7 Å². The van der Waals surface area contributed by atoms with Gasteiger partial charge in [-0.15, -0.1) is 10.2 Å². The van der Waals surface area contributed by atoms with E-state index in [1.807, 2.05) is 0 Å². The maximum atomic E-state index is 12.4. The van der Waals surface area contributed by atoms with Gasteiger partial charge in [-0.1, -0.05) is 34.5 Å². The van der Waals surface area contributed by atoms with Gasteiger partial charge in [-0.2, -0.15) is 0 Å². The van der Waals surface area contributed by atoms with Crippen molar-refractivity contribution in [2.75, 3.05) is 11.4 Å². The summed E-state index contributed by atoms with van der Waals surface area (Å²) < 4.78 is 26.4. The maximum absolute atomic E-state index is 12.4. The van der Waals surface area contributed by atoms with Gasteiger partial charge in [0.15, 0.2) is 0 Å². The second-order valence-corrected chi connectivity index (χ2v) is 7.73. The van der Waals surface area contributed by atoms with E-state index < -0.39 is 10.0 Å². The standard InChI is InChI=1S/C9H6BrCl2N3O2S2/c1-15(9-14-13-4-18-9)19(16,17)6-3-2-5(10)7(11)8(6)12/h2-4H,1H3. The van der Waals surface area contributed by atoms with Gasteiger partial charge in [0.1, 0.15) is 10.4 Å². The van der Waals surface area contributed by atoms with Gasteiger partial charge < -0.3 is 0 Å². The lowest BCUT2D eigenvalue weighted by Crippen LogP contribution is -2.26. The Morgan fingerprint density at radius 1 is 1.32 bits per heavy atom. The van der Waals surface area contributed by atoms with Crippen molar-refractivity contribution in [3.63, 3.8) is 0 Å². The Hall–Kier alpha value is -0.410. The second kappa shape index (κ2) is 5.53. The molecule has 2 aromatic rings. The van der Waals surface area contributed by atoms with Crippen molar-refractivity contribution in [1.29, 1.82) is 0 Å². The van der Waals surface area contributed by atoms with Crippen molar-refractivity contribution < 1.29 is 8.42 Å². The van der Waals surface area contributed by atoms with Crippen LogP contribution in [0.15, 0.2) is 27.0 Å². The highest BCUT2D eigenvalue weighted by Crippen LogP contribution is 2.36. The van der Waals surface area contributed by atoms with Gasteiger partial charge in [-0.05, 0) is 28.1 Å². The predicted octanol–water partition coefficient (Wildman–Crippen LogP) is 3.43. The lowest BCUT2D eigenvalue weighted by atomic mass is 10.4. The molecule has 5 nitrogen and oxygen atoms in total. The Balaban J connectivity index is 2.55. The van der Waals surface area contributed by atoms with Crippen LogP contribution >= 0.6 is 50.5 Å². The van der Waals surface area contributed by atoms with E-state index in [9.17, 15) is 8.42 Å². The van der Waals surface area contributed by atoms with Crippen LogP contribution in [0.3, 0.4) is 0 Å². The Kier molecular flexibility index (Phi) is 4.36. The van der Waals surface area contributed by atoms with Gasteiger partial charge in [0.05, 0.1) is 10.0 Å². The minimum atomic E-state index is -3.83. The van der Waals surface area contributed by atoms with Gasteiger partial charge in [0.2, 0.25) is 5.13 Å². The molecule has 1 aromatic heterocycles. The number of benzene rings is 1. The monoisotopic (exact) mass is 401 g/mol. The smallest absolute Gasteiger partial charge is 0.243 e. The molecule has 0 radical (unpaired) electrons. The Morgan fingerprint density at radius 3 is 2.58 bits per heavy atom. The molecule has 0 saturated heterocycles. The van der Waals surface area contributed by atoms with Crippen LogP contribution in [-0.4, -0.2) is 25.7 Å². The maximum Gasteiger partial charge on any atom is 0.267 e. The van der Waals surface area contributed by atoms with E-state index in [1.165, 1.54) is 24.7 Å². The summed E-state index contributed by atoms with van der Waals surface area (Å²) in [5.41, 5.74) is 1.44. The molecule has 0 unspecified atom stereocenters. The molecule has 0 aliphatic rings. The van der Waals surface area contributed by atoms with Gasteiger partial charge in [-0.3, -0.25) is 0 Å². The van der Waals surface area contributed by atoms with E-state index in [0.29, 0.717) is 4.47 Å². The summed E-state index contributed by atoms with van der Waals surface area (Å²) >= 11 is 16.2. The number of sulfonamides is 1. The van der Waals surface area contributed by atoms with E-state index in [1.54, 1.807) is 0 Å².